The Morgan fingerprint density at radius 3 is 1.68 bits per heavy atom. The standard InChI is InChI=1S/C23H23NO3S/c1-18-12-14-21(15-13-18)28(25,26)24-16-22(19-8-4-2-5-9-19)27-23(17-24)20-10-6-3-7-11-20/h2-15,22-23H,16-17H2,1H3. The zero-order valence-electron chi connectivity index (χ0n) is 15.7. The minimum atomic E-state index is -3.61. The second-order valence-corrected chi connectivity index (χ2v) is 9.01. The number of rotatable bonds is 4. The normalized spacial score (nSPS) is 20.8. The van der Waals surface area contributed by atoms with Gasteiger partial charge in [-0.15, -0.1) is 0 Å². The van der Waals surface area contributed by atoms with Crippen molar-refractivity contribution in [3.05, 3.63) is 102 Å². The van der Waals surface area contributed by atoms with Crippen molar-refractivity contribution in [3.63, 3.8) is 0 Å². The van der Waals surface area contributed by atoms with E-state index in [0.29, 0.717) is 18.0 Å². The molecule has 0 spiro atoms. The lowest BCUT2D eigenvalue weighted by Crippen LogP contribution is -2.43. The molecule has 2 unspecified atom stereocenters. The maximum Gasteiger partial charge on any atom is 0.243 e. The summed E-state index contributed by atoms with van der Waals surface area (Å²) >= 11 is 0. The highest BCUT2D eigenvalue weighted by atomic mass is 32.2. The van der Waals surface area contributed by atoms with E-state index in [1.54, 1.807) is 16.4 Å². The lowest BCUT2D eigenvalue weighted by Gasteiger charge is -2.37. The molecule has 0 saturated carbocycles. The highest BCUT2D eigenvalue weighted by Crippen LogP contribution is 2.35. The summed E-state index contributed by atoms with van der Waals surface area (Å²) in [6.07, 6.45) is -0.638. The average Bonchev–Trinajstić information content (AvgIpc) is 2.75. The molecule has 4 rings (SSSR count). The fourth-order valence-electron chi connectivity index (χ4n) is 3.49. The quantitative estimate of drug-likeness (QED) is 0.656. The second kappa shape index (κ2) is 7.87. The zero-order chi connectivity index (χ0) is 19.6. The SMILES string of the molecule is Cc1ccc(S(=O)(=O)N2CC(c3ccccc3)OC(c3ccccc3)C2)cc1. The molecule has 0 bridgehead atoms. The van der Waals surface area contributed by atoms with Gasteiger partial charge in [-0.2, -0.15) is 4.31 Å². The Morgan fingerprint density at radius 2 is 1.21 bits per heavy atom. The van der Waals surface area contributed by atoms with E-state index in [1.165, 1.54) is 0 Å². The maximum absolute atomic E-state index is 13.3. The zero-order valence-corrected chi connectivity index (χ0v) is 16.5. The number of sulfonamides is 1. The van der Waals surface area contributed by atoms with Crippen molar-refractivity contribution in [3.8, 4) is 0 Å². The third kappa shape index (κ3) is 3.87. The maximum atomic E-state index is 13.3. The minimum absolute atomic E-state index is 0.295. The molecule has 1 aliphatic heterocycles. The molecule has 1 heterocycles. The van der Waals surface area contributed by atoms with Gasteiger partial charge in [-0.25, -0.2) is 8.42 Å². The van der Waals surface area contributed by atoms with Gasteiger partial charge in [-0.05, 0) is 30.2 Å². The molecular weight excluding hydrogens is 370 g/mol. The van der Waals surface area contributed by atoms with Crippen molar-refractivity contribution in [2.75, 3.05) is 13.1 Å². The lowest BCUT2D eigenvalue weighted by molar-refractivity contribution is -0.0671. The number of aryl methyl sites for hydroxylation is 1. The molecule has 0 aromatic heterocycles. The molecular formula is C23H23NO3S. The minimum Gasteiger partial charge on any atom is -0.363 e. The summed E-state index contributed by atoms with van der Waals surface area (Å²) in [6, 6.07) is 26.6. The Balaban J connectivity index is 1.70. The number of hydrogen-bond acceptors (Lipinski definition) is 3. The van der Waals surface area contributed by atoms with Crippen LogP contribution >= 0.6 is 0 Å². The molecule has 28 heavy (non-hydrogen) atoms. The summed E-state index contributed by atoms with van der Waals surface area (Å²) in [7, 11) is -3.61. The van der Waals surface area contributed by atoms with Crippen LogP contribution in [0.3, 0.4) is 0 Å². The first-order chi connectivity index (χ1) is 13.5. The van der Waals surface area contributed by atoms with Crippen LogP contribution in [0.15, 0.2) is 89.8 Å². The van der Waals surface area contributed by atoms with Crippen molar-refractivity contribution < 1.29 is 13.2 Å². The van der Waals surface area contributed by atoms with Gasteiger partial charge in [-0.1, -0.05) is 78.4 Å². The molecule has 5 heteroatoms. The smallest absolute Gasteiger partial charge is 0.243 e. The van der Waals surface area contributed by atoms with Gasteiger partial charge in [0.05, 0.1) is 17.1 Å². The number of hydrogen-bond donors (Lipinski definition) is 0. The Kier molecular flexibility index (Phi) is 5.31. The van der Waals surface area contributed by atoms with Crippen molar-refractivity contribution >= 4 is 10.0 Å². The molecule has 0 N–H and O–H groups in total. The Morgan fingerprint density at radius 1 is 0.750 bits per heavy atom. The van der Waals surface area contributed by atoms with E-state index in [4.69, 9.17) is 4.74 Å². The summed E-state index contributed by atoms with van der Waals surface area (Å²) < 4.78 is 34.5. The van der Waals surface area contributed by atoms with Gasteiger partial charge in [0.25, 0.3) is 0 Å². The van der Waals surface area contributed by atoms with E-state index in [2.05, 4.69) is 0 Å². The van der Waals surface area contributed by atoms with Crippen LogP contribution in [-0.2, 0) is 14.8 Å². The van der Waals surface area contributed by atoms with Crippen LogP contribution in [-0.4, -0.2) is 25.8 Å². The van der Waals surface area contributed by atoms with Gasteiger partial charge in [0, 0.05) is 13.1 Å². The van der Waals surface area contributed by atoms with E-state index >= 15 is 0 Å². The molecule has 0 aliphatic carbocycles. The Bertz CT molecular complexity index is 971. The predicted octanol–water partition coefficient (Wildman–Crippen LogP) is 4.50. The monoisotopic (exact) mass is 393 g/mol. The summed E-state index contributed by atoms with van der Waals surface area (Å²) in [5.41, 5.74) is 2.99. The van der Waals surface area contributed by atoms with E-state index in [-0.39, 0.29) is 12.2 Å². The summed E-state index contributed by atoms with van der Waals surface area (Å²) in [5, 5.41) is 0. The van der Waals surface area contributed by atoms with Crippen LogP contribution in [0.1, 0.15) is 28.9 Å². The molecule has 0 radical (unpaired) electrons. The highest BCUT2D eigenvalue weighted by Gasteiger charge is 2.36. The van der Waals surface area contributed by atoms with Gasteiger partial charge >= 0.3 is 0 Å². The number of ether oxygens (including phenoxy) is 1. The van der Waals surface area contributed by atoms with Crippen LogP contribution in [0.25, 0.3) is 0 Å². The average molecular weight is 394 g/mol. The largest absolute Gasteiger partial charge is 0.363 e. The second-order valence-electron chi connectivity index (χ2n) is 7.07. The van der Waals surface area contributed by atoms with Gasteiger partial charge < -0.3 is 4.74 Å². The van der Waals surface area contributed by atoms with Crippen molar-refractivity contribution in [2.24, 2.45) is 0 Å². The topological polar surface area (TPSA) is 46.6 Å². The van der Waals surface area contributed by atoms with E-state index < -0.39 is 10.0 Å². The molecule has 1 aliphatic rings. The van der Waals surface area contributed by atoms with Crippen molar-refractivity contribution in [1.29, 1.82) is 0 Å². The summed E-state index contributed by atoms with van der Waals surface area (Å²) in [6.45, 7) is 2.54. The van der Waals surface area contributed by atoms with Gasteiger partial charge in [0.1, 0.15) is 0 Å². The molecule has 144 valence electrons. The molecule has 1 saturated heterocycles. The Hall–Kier alpha value is -2.47. The molecule has 3 aromatic rings. The van der Waals surface area contributed by atoms with Crippen molar-refractivity contribution in [2.45, 2.75) is 24.0 Å². The third-order valence-electron chi connectivity index (χ3n) is 5.07. The third-order valence-corrected chi connectivity index (χ3v) is 6.91. The fraction of sp³-hybridized carbons (Fsp3) is 0.217. The van der Waals surface area contributed by atoms with Gasteiger partial charge in [-0.3, -0.25) is 0 Å². The van der Waals surface area contributed by atoms with Crippen LogP contribution < -0.4 is 0 Å². The first kappa shape index (κ1) is 18.9. The first-order valence-corrected chi connectivity index (χ1v) is 10.8. The Labute approximate surface area is 166 Å². The van der Waals surface area contributed by atoms with E-state index in [9.17, 15) is 8.42 Å². The molecule has 3 aromatic carbocycles. The van der Waals surface area contributed by atoms with Crippen LogP contribution in [0.5, 0.6) is 0 Å². The number of nitrogens with zero attached hydrogens (tertiary/aromatic N) is 1. The summed E-state index contributed by atoms with van der Waals surface area (Å²) in [4.78, 5) is 0.318. The lowest BCUT2D eigenvalue weighted by atomic mass is 10.0. The van der Waals surface area contributed by atoms with Crippen LogP contribution in [0.2, 0.25) is 0 Å². The predicted molar refractivity (Wildman–Crippen MR) is 109 cm³/mol. The summed E-state index contributed by atoms with van der Waals surface area (Å²) in [5.74, 6) is 0. The number of benzene rings is 3. The number of morpholine rings is 1. The highest BCUT2D eigenvalue weighted by molar-refractivity contribution is 7.89. The molecule has 4 nitrogen and oxygen atoms in total. The van der Waals surface area contributed by atoms with Crippen molar-refractivity contribution in [1.82, 2.24) is 4.31 Å². The van der Waals surface area contributed by atoms with Crippen LogP contribution in [0.4, 0.5) is 0 Å². The molecule has 1 fully saturated rings. The fourth-order valence-corrected chi connectivity index (χ4v) is 4.93. The van der Waals surface area contributed by atoms with Gasteiger partial charge in [0.2, 0.25) is 10.0 Å². The van der Waals surface area contributed by atoms with E-state index in [0.717, 1.165) is 16.7 Å². The van der Waals surface area contributed by atoms with Crippen LogP contribution in [0, 0.1) is 6.92 Å². The molecule has 0 amide bonds. The van der Waals surface area contributed by atoms with E-state index in [1.807, 2.05) is 79.7 Å². The first-order valence-electron chi connectivity index (χ1n) is 9.36. The molecule has 2 atom stereocenters. The van der Waals surface area contributed by atoms with Gasteiger partial charge in [0.15, 0.2) is 0 Å².